The van der Waals surface area contributed by atoms with Crippen molar-refractivity contribution in [2.24, 2.45) is 5.73 Å². The Morgan fingerprint density at radius 1 is 1.30 bits per heavy atom. The van der Waals surface area contributed by atoms with Gasteiger partial charge in [0.15, 0.2) is 6.04 Å². The zero-order valence-electron chi connectivity index (χ0n) is 14.4. The number of hydrogen-bond donors (Lipinski definition) is 3. The average Bonchev–Trinajstić information content (AvgIpc) is 3.44. The summed E-state index contributed by atoms with van der Waals surface area (Å²) in [5.41, 5.74) is 5.00. The SMILES string of the molecule is NC(=O)[C@H](NC1CC1)C(=O)Nc1ccc(N2CCOCC2=O)c(C(F)F)c1. The van der Waals surface area contributed by atoms with Gasteiger partial charge in [-0.05, 0) is 31.0 Å². The number of nitrogens with one attached hydrogen (secondary N) is 2. The first-order valence-corrected chi connectivity index (χ1v) is 8.53. The minimum absolute atomic E-state index is 0.0552. The highest BCUT2D eigenvalue weighted by atomic mass is 19.3. The van der Waals surface area contributed by atoms with Crippen molar-refractivity contribution in [1.29, 1.82) is 0 Å². The van der Waals surface area contributed by atoms with Gasteiger partial charge in [-0.15, -0.1) is 0 Å². The number of alkyl halides is 2. The van der Waals surface area contributed by atoms with Crippen LogP contribution in [0, 0.1) is 0 Å². The van der Waals surface area contributed by atoms with Gasteiger partial charge in [0.1, 0.15) is 6.61 Å². The lowest BCUT2D eigenvalue weighted by Gasteiger charge is -2.29. The van der Waals surface area contributed by atoms with Gasteiger partial charge in [0, 0.05) is 23.8 Å². The normalized spacial score (nSPS) is 18.5. The molecule has 1 atom stereocenters. The Morgan fingerprint density at radius 3 is 2.63 bits per heavy atom. The quantitative estimate of drug-likeness (QED) is 0.596. The fraction of sp³-hybridized carbons (Fsp3) is 0.471. The molecule has 1 aromatic rings. The maximum atomic E-state index is 13.5. The van der Waals surface area contributed by atoms with E-state index in [-0.39, 0.29) is 37.2 Å². The third-order valence-corrected chi connectivity index (χ3v) is 4.33. The molecule has 0 spiro atoms. The van der Waals surface area contributed by atoms with E-state index in [9.17, 15) is 23.2 Å². The fourth-order valence-corrected chi connectivity index (χ4v) is 2.81. The number of amides is 3. The van der Waals surface area contributed by atoms with E-state index in [1.54, 1.807) is 0 Å². The second-order valence-electron chi connectivity index (χ2n) is 6.44. The van der Waals surface area contributed by atoms with Gasteiger partial charge in [0.25, 0.3) is 18.2 Å². The second kappa shape index (κ2) is 7.97. The first-order valence-electron chi connectivity index (χ1n) is 8.53. The molecule has 8 nitrogen and oxygen atoms in total. The van der Waals surface area contributed by atoms with Gasteiger partial charge in [-0.25, -0.2) is 8.78 Å². The van der Waals surface area contributed by atoms with Gasteiger partial charge in [0.2, 0.25) is 5.91 Å². The summed E-state index contributed by atoms with van der Waals surface area (Å²) in [7, 11) is 0. The lowest BCUT2D eigenvalue weighted by Crippen LogP contribution is -2.50. The summed E-state index contributed by atoms with van der Waals surface area (Å²) in [4.78, 5) is 36.9. The summed E-state index contributed by atoms with van der Waals surface area (Å²) in [5, 5.41) is 5.24. The predicted octanol–water partition coefficient (Wildman–Crippen LogP) is 0.532. The number of nitrogens with two attached hydrogens (primary N) is 1. The van der Waals surface area contributed by atoms with E-state index in [4.69, 9.17) is 10.5 Å². The first-order chi connectivity index (χ1) is 12.9. The van der Waals surface area contributed by atoms with Crippen LogP contribution in [0.1, 0.15) is 24.8 Å². The Labute approximate surface area is 154 Å². The Hall–Kier alpha value is -2.59. The number of anilines is 2. The number of carbonyl (C=O) groups is 3. The van der Waals surface area contributed by atoms with Crippen molar-refractivity contribution in [3.8, 4) is 0 Å². The third-order valence-electron chi connectivity index (χ3n) is 4.33. The summed E-state index contributed by atoms with van der Waals surface area (Å²) in [5.74, 6) is -1.98. The van der Waals surface area contributed by atoms with Crippen molar-refractivity contribution in [3.63, 3.8) is 0 Å². The van der Waals surface area contributed by atoms with Crippen LogP contribution >= 0.6 is 0 Å². The molecule has 2 fully saturated rings. The molecule has 0 bridgehead atoms. The number of nitrogens with zero attached hydrogens (tertiary/aromatic N) is 1. The van der Waals surface area contributed by atoms with Crippen molar-refractivity contribution >= 4 is 29.1 Å². The third kappa shape index (κ3) is 4.58. The van der Waals surface area contributed by atoms with E-state index < -0.39 is 35.8 Å². The second-order valence-corrected chi connectivity index (χ2v) is 6.44. The highest BCUT2D eigenvalue weighted by Gasteiger charge is 2.32. The van der Waals surface area contributed by atoms with Crippen LogP contribution in [-0.4, -0.2) is 49.6 Å². The largest absolute Gasteiger partial charge is 0.370 e. The maximum Gasteiger partial charge on any atom is 0.265 e. The summed E-state index contributed by atoms with van der Waals surface area (Å²) < 4.78 is 32.1. The molecule has 1 saturated heterocycles. The molecule has 1 saturated carbocycles. The summed E-state index contributed by atoms with van der Waals surface area (Å²) in [6, 6.07) is 2.65. The number of morpholine rings is 1. The maximum absolute atomic E-state index is 13.5. The molecule has 3 rings (SSSR count). The van der Waals surface area contributed by atoms with Crippen LogP contribution in [0.4, 0.5) is 20.2 Å². The molecule has 0 radical (unpaired) electrons. The first kappa shape index (κ1) is 19.2. The van der Waals surface area contributed by atoms with Crippen molar-refractivity contribution in [3.05, 3.63) is 23.8 Å². The number of benzene rings is 1. The van der Waals surface area contributed by atoms with E-state index >= 15 is 0 Å². The zero-order chi connectivity index (χ0) is 19.6. The number of rotatable bonds is 7. The number of ether oxygens (including phenoxy) is 1. The van der Waals surface area contributed by atoms with Gasteiger partial charge in [-0.3, -0.25) is 19.7 Å². The molecule has 4 N–H and O–H groups in total. The van der Waals surface area contributed by atoms with Crippen LogP contribution in [0.5, 0.6) is 0 Å². The van der Waals surface area contributed by atoms with Crippen molar-refractivity contribution in [2.75, 3.05) is 30.0 Å². The molecular weight excluding hydrogens is 362 g/mol. The van der Waals surface area contributed by atoms with Gasteiger partial charge in [-0.2, -0.15) is 0 Å². The fourth-order valence-electron chi connectivity index (χ4n) is 2.81. The molecule has 0 unspecified atom stereocenters. The molecule has 0 aromatic heterocycles. The Morgan fingerprint density at radius 2 is 2.04 bits per heavy atom. The minimum atomic E-state index is -2.86. The number of hydrogen-bond acceptors (Lipinski definition) is 5. The molecule has 10 heteroatoms. The molecular formula is C17H20F2N4O4. The van der Waals surface area contributed by atoms with E-state index in [2.05, 4.69) is 10.6 Å². The van der Waals surface area contributed by atoms with Gasteiger partial charge < -0.3 is 20.7 Å². The standard InChI is InChI=1S/C17H20F2N4O4/c18-15(19)11-7-10(3-4-12(11)23-5-6-27-8-13(23)24)22-17(26)14(16(20)25)21-9-1-2-9/h3-4,7,9,14-15,21H,1-2,5-6,8H2,(H2,20,25)(H,22,26)/t14-/m0/s1. The molecule has 1 heterocycles. The van der Waals surface area contributed by atoms with Crippen molar-refractivity contribution in [1.82, 2.24) is 5.32 Å². The molecule has 2 aliphatic rings. The molecule has 146 valence electrons. The summed E-state index contributed by atoms with van der Waals surface area (Å²) >= 11 is 0. The highest BCUT2D eigenvalue weighted by molar-refractivity contribution is 6.09. The topological polar surface area (TPSA) is 114 Å². The molecule has 1 aliphatic carbocycles. The average molecular weight is 382 g/mol. The van der Waals surface area contributed by atoms with Crippen LogP contribution < -0.4 is 21.3 Å². The van der Waals surface area contributed by atoms with Crippen LogP contribution in [0.25, 0.3) is 0 Å². The zero-order valence-corrected chi connectivity index (χ0v) is 14.4. The monoisotopic (exact) mass is 382 g/mol. The van der Waals surface area contributed by atoms with E-state index in [1.807, 2.05) is 0 Å². The van der Waals surface area contributed by atoms with Crippen LogP contribution in [0.15, 0.2) is 18.2 Å². The number of primary amides is 1. The van der Waals surface area contributed by atoms with Gasteiger partial charge >= 0.3 is 0 Å². The van der Waals surface area contributed by atoms with E-state index in [0.717, 1.165) is 18.9 Å². The number of halogens is 2. The Balaban J connectivity index is 1.79. The molecule has 27 heavy (non-hydrogen) atoms. The lowest BCUT2D eigenvalue weighted by molar-refractivity contribution is -0.128. The van der Waals surface area contributed by atoms with E-state index in [1.165, 1.54) is 17.0 Å². The van der Waals surface area contributed by atoms with Crippen molar-refractivity contribution in [2.45, 2.75) is 31.4 Å². The molecule has 1 aromatic carbocycles. The van der Waals surface area contributed by atoms with Crippen LogP contribution in [0.3, 0.4) is 0 Å². The Bertz CT molecular complexity index is 754. The Kier molecular flexibility index (Phi) is 5.66. The van der Waals surface area contributed by atoms with Crippen LogP contribution in [-0.2, 0) is 19.1 Å². The lowest BCUT2D eigenvalue weighted by atomic mass is 10.1. The van der Waals surface area contributed by atoms with Gasteiger partial charge in [-0.1, -0.05) is 0 Å². The summed E-state index contributed by atoms with van der Waals surface area (Å²) in [6.45, 7) is 0.244. The highest BCUT2D eigenvalue weighted by Crippen LogP contribution is 2.33. The molecule has 3 amide bonds. The van der Waals surface area contributed by atoms with Gasteiger partial charge in [0.05, 0.1) is 12.3 Å². The smallest absolute Gasteiger partial charge is 0.265 e. The van der Waals surface area contributed by atoms with E-state index in [0.29, 0.717) is 0 Å². The van der Waals surface area contributed by atoms with Crippen molar-refractivity contribution < 1.29 is 27.9 Å². The summed E-state index contributed by atoms with van der Waals surface area (Å²) in [6.07, 6.45) is -1.17. The van der Waals surface area contributed by atoms with Crippen LogP contribution in [0.2, 0.25) is 0 Å². The predicted molar refractivity (Wildman–Crippen MR) is 92.3 cm³/mol. The molecule has 1 aliphatic heterocycles. The minimum Gasteiger partial charge on any atom is -0.370 e. The number of carbonyl (C=O) groups excluding carboxylic acids is 3.